The first-order valence-corrected chi connectivity index (χ1v) is 42.9. The summed E-state index contributed by atoms with van der Waals surface area (Å²) in [4.78, 5) is 63.4. The highest BCUT2D eigenvalue weighted by molar-refractivity contribution is 6.74. The molecule has 1 amide bonds. The molecule has 0 bridgehead atoms. The van der Waals surface area contributed by atoms with Gasteiger partial charge < -0.3 is 90.6 Å². The van der Waals surface area contributed by atoms with Crippen molar-refractivity contribution in [2.45, 2.75) is 228 Å². The van der Waals surface area contributed by atoms with Crippen LogP contribution in [0.4, 0.5) is 9.59 Å². The molecule has 2 N–H and O–H groups in total. The van der Waals surface area contributed by atoms with E-state index in [-0.39, 0.29) is 71.6 Å². The summed E-state index contributed by atoms with van der Waals surface area (Å²) in [6.45, 7) is 19.5. The van der Waals surface area contributed by atoms with Gasteiger partial charge in [-0.2, -0.15) is 0 Å². The van der Waals surface area contributed by atoms with Crippen LogP contribution >= 0.6 is 0 Å². The van der Waals surface area contributed by atoms with Crippen molar-refractivity contribution in [2.75, 3.05) is 33.0 Å². The van der Waals surface area contributed by atoms with Gasteiger partial charge in [0.2, 0.25) is 0 Å². The van der Waals surface area contributed by atoms with Gasteiger partial charge in [0.05, 0.1) is 64.9 Å². The van der Waals surface area contributed by atoms with Gasteiger partial charge in [0.25, 0.3) is 5.79 Å². The smallest absolute Gasteiger partial charge is 0.457 e. The van der Waals surface area contributed by atoms with Crippen molar-refractivity contribution >= 4 is 32.5 Å². The lowest BCUT2D eigenvalue weighted by atomic mass is 9.92. The van der Waals surface area contributed by atoms with Crippen LogP contribution in [0.3, 0.4) is 0 Å². The molecule has 12 rings (SSSR count). The first kappa shape index (κ1) is 87.1. The number of benzene rings is 7. The van der Waals surface area contributed by atoms with Gasteiger partial charge in [-0.25, -0.2) is 14.4 Å². The number of azide groups is 1. The molecule has 7 aromatic rings. The molecule has 4 heterocycles. The molecular weight excluding hydrogens is 1520 g/mol. The zero-order valence-electron chi connectivity index (χ0n) is 67.7. The highest BCUT2D eigenvalue weighted by Gasteiger charge is 2.63. The minimum Gasteiger partial charge on any atom is -0.457 e. The van der Waals surface area contributed by atoms with Crippen molar-refractivity contribution in [2.24, 2.45) is 11.0 Å². The van der Waals surface area contributed by atoms with Gasteiger partial charge in [0.15, 0.2) is 32.8 Å². The van der Waals surface area contributed by atoms with Crippen molar-refractivity contribution < 1.29 is 105 Å². The monoisotopic (exact) mass is 1620 g/mol. The molecule has 26 nitrogen and oxygen atoms in total. The number of hydrogen-bond acceptors (Lipinski definition) is 23. The zero-order valence-corrected chi connectivity index (χ0v) is 68.7. The summed E-state index contributed by atoms with van der Waals surface area (Å²) in [6, 6.07) is 59.2. The largest absolute Gasteiger partial charge is 0.508 e. The molecule has 5 unspecified atom stereocenters. The van der Waals surface area contributed by atoms with Gasteiger partial charge in [-0.05, 0) is 99.9 Å². The molecule has 0 radical (unpaired) electrons. The van der Waals surface area contributed by atoms with E-state index in [9.17, 15) is 15.4 Å². The Kier molecular flexibility index (Phi) is 30.1. The standard InChI is InChI=1S/C90H108N4O22Si/c1-11-46-101-87(99)112-82-76(93-94-91)84(116-117(9,10)88(5,6)58(3)4)110-73(78(82)104-52-62-38-24-16-25-39-62)56-105-83-75(92-86(98)107-54-69-67-44-30-28-42-65(67)66-43-29-31-45-68(66)69)81(111-74(95)47-64(12-2)102-50-60-34-20-14-21-35-60)77(96)71(109-83)57-108-90(85(97)106-53-63-40-26-17-27-41-63)48-70-79(114-89(7,8)113-70)80(115-90)72(103-51-61-36-22-15-23-37-61)55-100-49-59-32-18-13-19-33-59/h11,13-45,58,64,69-73,75-84,96H,1,12,46-57H2,2-10H3,(H,92,98)/t64-,70+,71?,72-,73?,75?,76?,77-,78-,79+,80?,81+,82+,83+,84-,90+/m0/s1. The number of aliphatic hydroxyl groups is 1. The molecule has 16 atom stereocenters. The Labute approximate surface area is 684 Å². The molecule has 5 aliphatic rings. The van der Waals surface area contributed by atoms with Gasteiger partial charge in [-0.15, -0.1) is 0 Å². The van der Waals surface area contributed by atoms with E-state index in [4.69, 9.17) is 80.2 Å². The van der Waals surface area contributed by atoms with E-state index in [1.54, 1.807) is 38.1 Å². The van der Waals surface area contributed by atoms with E-state index < -0.39 is 160 Å². The van der Waals surface area contributed by atoms with Crippen molar-refractivity contribution in [1.29, 1.82) is 0 Å². The average molecular weight is 1630 g/mol. The van der Waals surface area contributed by atoms with E-state index in [0.717, 1.165) is 38.9 Å². The lowest BCUT2D eigenvalue weighted by Crippen LogP contribution is -2.68. The lowest BCUT2D eigenvalue weighted by Gasteiger charge is -2.50. The normalized spacial score (nSPS) is 25.3. The van der Waals surface area contributed by atoms with Crippen LogP contribution in [0.15, 0.2) is 218 Å². The molecule has 4 fully saturated rings. The second-order valence-electron chi connectivity index (χ2n) is 31.7. The zero-order chi connectivity index (χ0) is 82.7. The number of ether oxygens (including phenoxy) is 16. The van der Waals surface area contributed by atoms with Crippen LogP contribution in [-0.2, 0) is 123 Å². The fraction of sp³-hybridized carbons (Fsp3) is 0.467. The molecule has 7 aromatic carbocycles. The molecule has 4 aliphatic heterocycles. The molecule has 0 spiro atoms. The third-order valence-electron chi connectivity index (χ3n) is 22.6. The summed E-state index contributed by atoms with van der Waals surface area (Å²) in [6.07, 6.45) is -19.2. The summed E-state index contributed by atoms with van der Waals surface area (Å²) in [5.74, 6) is -5.96. The number of nitrogens with one attached hydrogen (secondary N) is 1. The molecular formula is C90H108N4O22Si. The van der Waals surface area contributed by atoms with Crippen LogP contribution in [0, 0.1) is 5.92 Å². The summed E-state index contributed by atoms with van der Waals surface area (Å²) < 4.78 is 113. The van der Waals surface area contributed by atoms with Crippen LogP contribution in [0.25, 0.3) is 21.6 Å². The highest BCUT2D eigenvalue weighted by atomic mass is 28.4. The second kappa shape index (κ2) is 40.5. The van der Waals surface area contributed by atoms with E-state index >= 15 is 14.4 Å². The van der Waals surface area contributed by atoms with E-state index in [0.29, 0.717) is 17.5 Å². The SMILES string of the molecule is C=CCOC(=O)O[C@@H]1C(N=[N+]=[N-])[C@H](O[Si](C)(C)C(C)(C)C(C)C)OC(CO[C@@H]2OC(CO[C@]3(C(=O)OCc4ccccc4)C[C@H]4OC(C)(C)O[C@H]4C([C@H](COCc4ccccc4)OCc4ccccc4)O3)[C@H](O)[C@H](OC(=O)C[C@H](CC)OCc3ccccc3)C2NC(=O)OCC2c3ccccc3-c3ccccc32)[C@@H]1OCc1ccccc1. The maximum Gasteiger partial charge on any atom is 0.508 e. The number of fused-ring (bicyclic) bond motifs is 4. The number of nitrogens with zero attached hydrogens (tertiary/aromatic N) is 3. The topological polar surface area (TPSA) is 306 Å². The number of carbonyl (C=O) groups excluding carboxylic acids is 4. The number of carbonyl (C=O) groups is 4. The fourth-order valence-electron chi connectivity index (χ4n) is 15.2. The first-order valence-electron chi connectivity index (χ1n) is 40.0. The molecule has 4 saturated heterocycles. The third-order valence-corrected chi connectivity index (χ3v) is 27.1. The van der Waals surface area contributed by atoms with E-state index in [1.807, 2.05) is 196 Å². The quantitative estimate of drug-likeness (QED) is 0.00691. The highest BCUT2D eigenvalue weighted by Crippen LogP contribution is 2.49. The van der Waals surface area contributed by atoms with Crippen LogP contribution in [0.1, 0.15) is 113 Å². The Morgan fingerprint density at radius 2 is 1.21 bits per heavy atom. The Morgan fingerprint density at radius 3 is 1.79 bits per heavy atom. The average Bonchev–Trinajstić information content (AvgIpc) is 1.59. The molecule has 1 aliphatic carbocycles. The van der Waals surface area contributed by atoms with Crippen LogP contribution in [0.5, 0.6) is 0 Å². The number of rotatable bonds is 38. The number of esters is 2. The molecule has 27 heteroatoms. The van der Waals surface area contributed by atoms with Crippen LogP contribution in [-0.4, -0.2) is 174 Å². The Balaban J connectivity index is 0.951. The Bertz CT molecular complexity index is 4370. The van der Waals surface area contributed by atoms with E-state index in [2.05, 4.69) is 49.6 Å². The Morgan fingerprint density at radius 1 is 0.650 bits per heavy atom. The second-order valence-corrected chi connectivity index (χ2v) is 36.2. The van der Waals surface area contributed by atoms with Crippen molar-refractivity contribution in [1.82, 2.24) is 5.32 Å². The van der Waals surface area contributed by atoms with Gasteiger partial charge in [0, 0.05) is 17.3 Å². The van der Waals surface area contributed by atoms with Crippen molar-refractivity contribution in [3.63, 3.8) is 0 Å². The van der Waals surface area contributed by atoms with Crippen molar-refractivity contribution in [3.05, 3.63) is 262 Å². The third kappa shape index (κ3) is 22.2. The maximum absolute atomic E-state index is 15.8. The lowest BCUT2D eigenvalue weighted by molar-refractivity contribution is -0.338. The Hall–Kier alpha value is -9.23. The molecule has 0 saturated carbocycles. The number of alkyl carbamates (subject to hydrolysis) is 1. The van der Waals surface area contributed by atoms with Gasteiger partial charge in [0.1, 0.15) is 80.7 Å². The van der Waals surface area contributed by atoms with E-state index in [1.165, 1.54) is 6.08 Å². The summed E-state index contributed by atoms with van der Waals surface area (Å²) in [7, 11) is -3.04. The van der Waals surface area contributed by atoms with Gasteiger partial charge in [-0.1, -0.05) is 253 Å². The van der Waals surface area contributed by atoms with Crippen LogP contribution in [0.2, 0.25) is 18.1 Å². The number of hydrogen-bond donors (Lipinski definition) is 2. The maximum atomic E-state index is 15.8. The number of amides is 1. The molecule has 0 aromatic heterocycles. The minimum absolute atomic E-state index is 0.0618. The fourth-order valence-corrected chi connectivity index (χ4v) is 17.6. The molecule has 624 valence electrons. The predicted octanol–water partition coefficient (Wildman–Crippen LogP) is 15.2. The minimum atomic E-state index is -3.04. The summed E-state index contributed by atoms with van der Waals surface area (Å²) in [5.41, 5.74) is 18.1. The summed E-state index contributed by atoms with van der Waals surface area (Å²) >= 11 is 0. The van der Waals surface area contributed by atoms with Gasteiger partial charge >= 0.3 is 24.2 Å². The van der Waals surface area contributed by atoms with Crippen molar-refractivity contribution in [3.8, 4) is 11.1 Å². The van der Waals surface area contributed by atoms with Gasteiger partial charge in [-0.3, -0.25) is 4.79 Å². The van der Waals surface area contributed by atoms with Crippen LogP contribution < -0.4 is 5.32 Å². The molecule has 117 heavy (non-hydrogen) atoms. The number of aliphatic hydroxyl groups excluding tert-OH is 1. The summed E-state index contributed by atoms with van der Waals surface area (Å²) in [5, 5.41) is 20.1. The first-order chi connectivity index (χ1) is 56.4. The predicted molar refractivity (Wildman–Crippen MR) is 432 cm³/mol.